The normalized spacial score (nSPS) is 24.6. The number of carbonyl (C=O) groups is 2. The number of aromatic nitrogens is 1. The van der Waals surface area contributed by atoms with Crippen molar-refractivity contribution in [1.82, 2.24) is 10.3 Å². The van der Waals surface area contributed by atoms with Crippen molar-refractivity contribution in [2.45, 2.75) is 31.4 Å². The highest BCUT2D eigenvalue weighted by Crippen LogP contribution is 2.33. The number of benzene rings is 1. The number of para-hydroxylation sites is 1. The van der Waals surface area contributed by atoms with Gasteiger partial charge in [-0.05, 0) is 18.2 Å². The van der Waals surface area contributed by atoms with Crippen molar-refractivity contribution in [3.05, 3.63) is 36.0 Å². The van der Waals surface area contributed by atoms with Gasteiger partial charge in [-0.3, -0.25) is 4.79 Å². The summed E-state index contributed by atoms with van der Waals surface area (Å²) in [5, 5.41) is 13.5. The predicted molar refractivity (Wildman–Crippen MR) is 80.5 cm³/mol. The molecule has 3 N–H and O–H groups in total. The molecule has 6 heteroatoms. The van der Waals surface area contributed by atoms with Crippen LogP contribution in [-0.2, 0) is 20.7 Å². The van der Waals surface area contributed by atoms with E-state index >= 15 is 0 Å². The predicted octanol–water partition coefficient (Wildman–Crippen LogP) is 1.46. The molecule has 0 aliphatic carbocycles. The molecule has 0 saturated carbocycles. The number of aliphatic carboxylic acids is 1. The van der Waals surface area contributed by atoms with Crippen LogP contribution in [0.25, 0.3) is 10.9 Å². The van der Waals surface area contributed by atoms with Gasteiger partial charge in [0, 0.05) is 29.9 Å². The zero-order valence-corrected chi connectivity index (χ0v) is 12.3. The quantitative estimate of drug-likeness (QED) is 0.727. The third-order valence-corrected chi connectivity index (χ3v) is 4.11. The Kier molecular flexibility index (Phi) is 3.62. The van der Waals surface area contributed by atoms with E-state index in [2.05, 4.69) is 10.3 Å². The van der Waals surface area contributed by atoms with Crippen LogP contribution in [0.15, 0.2) is 30.5 Å². The van der Waals surface area contributed by atoms with E-state index in [4.69, 9.17) is 4.74 Å². The first-order chi connectivity index (χ1) is 10.6. The molecule has 0 amide bonds. The molecule has 2 aromatic rings. The Morgan fingerprint density at radius 3 is 3.00 bits per heavy atom. The molecule has 2 heterocycles. The van der Waals surface area contributed by atoms with Crippen LogP contribution < -0.4 is 5.32 Å². The molecule has 22 heavy (non-hydrogen) atoms. The van der Waals surface area contributed by atoms with Crippen LogP contribution in [0.2, 0.25) is 0 Å². The number of fused-ring (bicyclic) bond motifs is 1. The van der Waals surface area contributed by atoms with Gasteiger partial charge in [0.1, 0.15) is 6.04 Å². The lowest BCUT2D eigenvalue weighted by Crippen LogP contribution is -2.41. The number of hydrogen-bond acceptors (Lipinski definition) is 4. The van der Waals surface area contributed by atoms with Crippen LogP contribution in [0.3, 0.4) is 0 Å². The van der Waals surface area contributed by atoms with Crippen LogP contribution in [0.5, 0.6) is 0 Å². The number of carboxylic acid groups (broad SMARTS) is 1. The Morgan fingerprint density at radius 1 is 1.50 bits per heavy atom. The molecule has 1 aromatic carbocycles. The molecule has 1 saturated heterocycles. The van der Waals surface area contributed by atoms with Gasteiger partial charge in [-0.25, -0.2) is 4.79 Å². The molecule has 1 fully saturated rings. The lowest BCUT2D eigenvalue weighted by atomic mass is 9.90. The second-order valence-electron chi connectivity index (χ2n) is 5.57. The fourth-order valence-corrected chi connectivity index (χ4v) is 3.02. The van der Waals surface area contributed by atoms with Gasteiger partial charge in [0.15, 0.2) is 0 Å². The van der Waals surface area contributed by atoms with Gasteiger partial charge >= 0.3 is 11.9 Å². The average molecular weight is 302 g/mol. The van der Waals surface area contributed by atoms with Crippen LogP contribution in [-0.4, -0.2) is 40.2 Å². The fraction of sp³-hybridized carbons (Fsp3) is 0.375. The highest BCUT2D eigenvalue weighted by molar-refractivity contribution is 5.90. The maximum Gasteiger partial charge on any atom is 0.348 e. The highest BCUT2D eigenvalue weighted by Gasteiger charge is 2.52. The highest BCUT2D eigenvalue weighted by atomic mass is 16.6. The number of carboxylic acids is 1. The molecule has 0 radical (unpaired) electrons. The van der Waals surface area contributed by atoms with Crippen molar-refractivity contribution in [2.24, 2.45) is 0 Å². The second kappa shape index (κ2) is 5.46. The zero-order valence-electron chi connectivity index (χ0n) is 12.3. The SMILES string of the molecule is CCN[C@H]1C[C@@](Cc2c[nH]c3ccccc23)(C(=O)O)OC1=O. The van der Waals surface area contributed by atoms with Gasteiger partial charge in [-0.15, -0.1) is 0 Å². The minimum Gasteiger partial charge on any atom is -0.478 e. The molecule has 1 aromatic heterocycles. The topological polar surface area (TPSA) is 91.4 Å². The third kappa shape index (κ3) is 2.35. The Hall–Kier alpha value is -2.34. The monoisotopic (exact) mass is 302 g/mol. The van der Waals surface area contributed by atoms with E-state index in [1.807, 2.05) is 31.2 Å². The second-order valence-corrected chi connectivity index (χ2v) is 5.57. The van der Waals surface area contributed by atoms with Crippen LogP contribution in [0.1, 0.15) is 18.9 Å². The van der Waals surface area contributed by atoms with E-state index in [9.17, 15) is 14.7 Å². The Bertz CT molecular complexity index is 724. The number of ether oxygens (including phenoxy) is 1. The fourth-order valence-electron chi connectivity index (χ4n) is 3.02. The van der Waals surface area contributed by atoms with E-state index in [1.165, 1.54) is 0 Å². The molecule has 3 rings (SSSR count). The minimum absolute atomic E-state index is 0.133. The van der Waals surface area contributed by atoms with Gasteiger partial charge < -0.3 is 20.1 Å². The maximum atomic E-state index is 11.9. The van der Waals surface area contributed by atoms with Crippen LogP contribution in [0, 0.1) is 0 Å². The summed E-state index contributed by atoms with van der Waals surface area (Å²) in [7, 11) is 0. The number of esters is 1. The first kappa shape index (κ1) is 14.6. The molecule has 6 nitrogen and oxygen atoms in total. The largest absolute Gasteiger partial charge is 0.478 e. The van der Waals surface area contributed by atoms with Crippen molar-refractivity contribution < 1.29 is 19.4 Å². The van der Waals surface area contributed by atoms with Crippen LogP contribution >= 0.6 is 0 Å². The van der Waals surface area contributed by atoms with E-state index in [-0.39, 0.29) is 12.8 Å². The summed E-state index contributed by atoms with van der Waals surface area (Å²) < 4.78 is 5.28. The number of nitrogens with one attached hydrogen (secondary N) is 2. The van der Waals surface area contributed by atoms with Crippen molar-refractivity contribution in [3.8, 4) is 0 Å². The summed E-state index contributed by atoms with van der Waals surface area (Å²) in [5.74, 6) is -1.60. The maximum absolute atomic E-state index is 11.9. The molecule has 0 bridgehead atoms. The van der Waals surface area contributed by atoms with Gasteiger partial charge in [-0.2, -0.15) is 0 Å². The summed E-state index contributed by atoms with van der Waals surface area (Å²) in [5.41, 5.74) is 0.267. The molecule has 1 aliphatic rings. The lowest BCUT2D eigenvalue weighted by Gasteiger charge is -2.22. The number of hydrogen-bond donors (Lipinski definition) is 3. The number of H-pyrrole nitrogens is 1. The Morgan fingerprint density at radius 2 is 2.27 bits per heavy atom. The van der Waals surface area contributed by atoms with E-state index in [0.717, 1.165) is 16.5 Å². The first-order valence-electron chi connectivity index (χ1n) is 7.30. The number of carbonyl (C=O) groups excluding carboxylic acids is 1. The Balaban J connectivity index is 1.93. The van der Waals surface area contributed by atoms with Gasteiger partial charge in [-0.1, -0.05) is 25.1 Å². The molecule has 2 atom stereocenters. The standard InChI is InChI=1S/C16H18N2O4/c1-2-17-13-8-16(15(20)21,22-14(13)19)7-10-9-18-12-6-4-3-5-11(10)12/h3-6,9,13,17-18H,2,7-8H2,1H3,(H,20,21)/t13-,16-/m0/s1. The molecule has 0 unspecified atom stereocenters. The summed E-state index contributed by atoms with van der Waals surface area (Å²) in [6, 6.07) is 7.09. The van der Waals surface area contributed by atoms with E-state index < -0.39 is 23.6 Å². The number of rotatable bonds is 5. The summed E-state index contributed by atoms with van der Waals surface area (Å²) >= 11 is 0. The van der Waals surface area contributed by atoms with Gasteiger partial charge in [0.25, 0.3) is 0 Å². The smallest absolute Gasteiger partial charge is 0.348 e. The van der Waals surface area contributed by atoms with E-state index in [0.29, 0.717) is 6.54 Å². The summed E-state index contributed by atoms with van der Waals surface area (Å²) in [4.78, 5) is 26.8. The van der Waals surface area contributed by atoms with Crippen LogP contribution in [0.4, 0.5) is 0 Å². The molecule has 116 valence electrons. The van der Waals surface area contributed by atoms with Crippen molar-refractivity contribution in [3.63, 3.8) is 0 Å². The minimum atomic E-state index is -1.51. The lowest BCUT2D eigenvalue weighted by molar-refractivity contribution is -0.169. The van der Waals surface area contributed by atoms with E-state index in [1.54, 1.807) is 6.20 Å². The molecular formula is C16H18N2O4. The third-order valence-electron chi connectivity index (χ3n) is 4.11. The van der Waals surface area contributed by atoms with Crippen molar-refractivity contribution >= 4 is 22.8 Å². The van der Waals surface area contributed by atoms with Gasteiger partial charge in [0.2, 0.25) is 5.60 Å². The summed E-state index contributed by atoms with van der Waals surface area (Å²) in [6.07, 6.45) is 2.07. The molecule has 1 aliphatic heterocycles. The zero-order chi connectivity index (χ0) is 15.7. The Labute approximate surface area is 127 Å². The number of cyclic esters (lactones) is 1. The van der Waals surface area contributed by atoms with Crippen molar-refractivity contribution in [1.29, 1.82) is 0 Å². The molecule has 0 spiro atoms. The summed E-state index contributed by atoms with van der Waals surface area (Å²) in [6.45, 7) is 2.45. The van der Waals surface area contributed by atoms with Gasteiger partial charge in [0.05, 0.1) is 0 Å². The first-order valence-corrected chi connectivity index (χ1v) is 7.30. The number of likely N-dealkylation sites (N-methyl/N-ethyl adjacent to an activating group) is 1. The average Bonchev–Trinajstić information content (AvgIpc) is 3.03. The molecular weight excluding hydrogens is 284 g/mol. The number of aromatic amines is 1. The van der Waals surface area contributed by atoms with Crippen molar-refractivity contribution in [2.75, 3.05) is 6.54 Å².